The Bertz CT molecular complexity index is 515. The van der Waals surface area contributed by atoms with Crippen LogP contribution in [0.3, 0.4) is 0 Å². The Kier molecular flexibility index (Phi) is 4.02. The van der Waals surface area contributed by atoms with Crippen LogP contribution in [0.2, 0.25) is 5.02 Å². The van der Waals surface area contributed by atoms with Crippen molar-refractivity contribution < 1.29 is 5.11 Å². The van der Waals surface area contributed by atoms with Crippen LogP contribution in [0.15, 0.2) is 54.6 Å². The SMILES string of the molecule is NCC(O)(Cc1ccccc1Cl)c1ccccc1. The van der Waals surface area contributed by atoms with Crippen molar-refractivity contribution in [3.8, 4) is 0 Å². The summed E-state index contributed by atoms with van der Waals surface area (Å²) >= 11 is 6.12. The number of benzene rings is 2. The smallest absolute Gasteiger partial charge is 0.106 e. The molecule has 0 saturated heterocycles. The first kappa shape index (κ1) is 13.1. The maximum Gasteiger partial charge on any atom is 0.106 e. The van der Waals surface area contributed by atoms with Gasteiger partial charge in [0.05, 0.1) is 0 Å². The summed E-state index contributed by atoms with van der Waals surface area (Å²) in [7, 11) is 0. The Labute approximate surface area is 112 Å². The highest BCUT2D eigenvalue weighted by Gasteiger charge is 2.28. The van der Waals surface area contributed by atoms with E-state index in [9.17, 15) is 5.11 Å². The Morgan fingerprint density at radius 3 is 2.22 bits per heavy atom. The van der Waals surface area contributed by atoms with Crippen LogP contribution in [0.25, 0.3) is 0 Å². The highest BCUT2D eigenvalue weighted by Crippen LogP contribution is 2.27. The Morgan fingerprint density at radius 1 is 1.00 bits per heavy atom. The van der Waals surface area contributed by atoms with Crippen LogP contribution in [0.5, 0.6) is 0 Å². The van der Waals surface area contributed by atoms with Crippen LogP contribution in [0.1, 0.15) is 11.1 Å². The Hall–Kier alpha value is -1.35. The van der Waals surface area contributed by atoms with Gasteiger partial charge in [-0.1, -0.05) is 60.1 Å². The zero-order chi connectivity index (χ0) is 13.0. The van der Waals surface area contributed by atoms with Gasteiger partial charge >= 0.3 is 0 Å². The van der Waals surface area contributed by atoms with Gasteiger partial charge in [0.2, 0.25) is 0 Å². The van der Waals surface area contributed by atoms with Crippen LogP contribution in [0.4, 0.5) is 0 Å². The first-order valence-corrected chi connectivity index (χ1v) is 6.25. The number of hydrogen-bond donors (Lipinski definition) is 2. The molecule has 0 heterocycles. The fraction of sp³-hybridized carbons (Fsp3) is 0.200. The van der Waals surface area contributed by atoms with Crippen molar-refractivity contribution in [2.24, 2.45) is 5.73 Å². The van der Waals surface area contributed by atoms with Crippen molar-refractivity contribution in [3.63, 3.8) is 0 Å². The predicted molar refractivity (Wildman–Crippen MR) is 74.5 cm³/mol. The van der Waals surface area contributed by atoms with E-state index in [1.165, 1.54) is 0 Å². The maximum absolute atomic E-state index is 10.7. The minimum absolute atomic E-state index is 0.155. The molecule has 2 aromatic carbocycles. The van der Waals surface area contributed by atoms with Crippen LogP contribution in [-0.4, -0.2) is 11.7 Å². The average molecular weight is 262 g/mol. The molecule has 0 saturated carbocycles. The molecule has 2 aromatic rings. The molecule has 0 bridgehead atoms. The van der Waals surface area contributed by atoms with E-state index in [0.29, 0.717) is 11.4 Å². The van der Waals surface area contributed by atoms with Crippen LogP contribution in [0, 0.1) is 0 Å². The molecule has 3 heteroatoms. The predicted octanol–water partition coefficient (Wildman–Crippen LogP) is 2.73. The third-order valence-corrected chi connectivity index (χ3v) is 3.46. The molecule has 18 heavy (non-hydrogen) atoms. The highest BCUT2D eigenvalue weighted by molar-refractivity contribution is 6.31. The lowest BCUT2D eigenvalue weighted by Gasteiger charge is -2.27. The van der Waals surface area contributed by atoms with Gasteiger partial charge in [-0.2, -0.15) is 0 Å². The highest BCUT2D eigenvalue weighted by atomic mass is 35.5. The third kappa shape index (κ3) is 2.72. The molecule has 94 valence electrons. The lowest BCUT2D eigenvalue weighted by Crippen LogP contribution is -2.37. The summed E-state index contributed by atoms with van der Waals surface area (Å²) in [6.45, 7) is 0.155. The summed E-state index contributed by atoms with van der Waals surface area (Å²) in [4.78, 5) is 0. The quantitative estimate of drug-likeness (QED) is 0.889. The zero-order valence-electron chi connectivity index (χ0n) is 10.0. The molecule has 0 aliphatic carbocycles. The summed E-state index contributed by atoms with van der Waals surface area (Å²) in [5, 5.41) is 11.3. The van der Waals surface area contributed by atoms with Crippen LogP contribution < -0.4 is 5.73 Å². The van der Waals surface area contributed by atoms with E-state index in [-0.39, 0.29) is 6.54 Å². The van der Waals surface area contributed by atoms with Crippen molar-refractivity contribution in [1.82, 2.24) is 0 Å². The van der Waals surface area contributed by atoms with E-state index in [2.05, 4.69) is 0 Å². The maximum atomic E-state index is 10.7. The second-order valence-corrected chi connectivity index (χ2v) is 4.78. The molecule has 3 N–H and O–H groups in total. The molecule has 1 unspecified atom stereocenters. The molecule has 1 atom stereocenters. The van der Waals surface area contributed by atoms with Crippen LogP contribution >= 0.6 is 11.6 Å². The number of halogens is 1. The monoisotopic (exact) mass is 261 g/mol. The first-order valence-electron chi connectivity index (χ1n) is 5.87. The molecule has 0 aliphatic heterocycles. The number of nitrogens with two attached hydrogens (primary N) is 1. The average Bonchev–Trinajstić information content (AvgIpc) is 2.42. The number of rotatable bonds is 4. The van der Waals surface area contributed by atoms with Gasteiger partial charge in [0, 0.05) is 18.0 Å². The lowest BCUT2D eigenvalue weighted by atomic mass is 9.87. The van der Waals surface area contributed by atoms with Gasteiger partial charge in [0.15, 0.2) is 0 Å². The molecule has 2 rings (SSSR count). The summed E-state index contributed by atoms with van der Waals surface area (Å²) in [5.74, 6) is 0. The van der Waals surface area contributed by atoms with E-state index in [1.807, 2.05) is 54.6 Å². The summed E-state index contributed by atoms with van der Waals surface area (Å²) in [6.07, 6.45) is 0.410. The molecular formula is C15H16ClNO. The van der Waals surface area contributed by atoms with E-state index in [1.54, 1.807) is 0 Å². The normalized spacial score (nSPS) is 14.2. The summed E-state index contributed by atoms with van der Waals surface area (Å²) in [6, 6.07) is 17.0. The lowest BCUT2D eigenvalue weighted by molar-refractivity contribution is 0.0463. The summed E-state index contributed by atoms with van der Waals surface area (Å²) in [5.41, 5.74) is 6.38. The van der Waals surface area contributed by atoms with E-state index >= 15 is 0 Å². The van der Waals surface area contributed by atoms with Gasteiger partial charge in [-0.3, -0.25) is 0 Å². The summed E-state index contributed by atoms with van der Waals surface area (Å²) < 4.78 is 0. The Morgan fingerprint density at radius 2 is 1.61 bits per heavy atom. The topological polar surface area (TPSA) is 46.2 Å². The van der Waals surface area contributed by atoms with Crippen molar-refractivity contribution >= 4 is 11.6 Å². The molecule has 0 aliphatic rings. The Balaban J connectivity index is 2.32. The van der Waals surface area contributed by atoms with E-state index in [4.69, 9.17) is 17.3 Å². The van der Waals surface area contributed by atoms with E-state index < -0.39 is 5.60 Å². The molecule has 0 aromatic heterocycles. The molecule has 0 spiro atoms. The van der Waals surface area contributed by atoms with Gasteiger partial charge in [0.1, 0.15) is 5.60 Å². The van der Waals surface area contributed by atoms with Gasteiger partial charge in [-0.25, -0.2) is 0 Å². The number of hydrogen-bond acceptors (Lipinski definition) is 2. The standard InChI is InChI=1S/C15H16ClNO/c16-14-9-5-4-6-12(14)10-15(18,11-17)13-7-2-1-3-8-13/h1-9,18H,10-11,17H2. The minimum Gasteiger partial charge on any atom is -0.383 e. The second kappa shape index (κ2) is 5.53. The fourth-order valence-corrected chi connectivity index (χ4v) is 2.20. The molecular weight excluding hydrogens is 246 g/mol. The second-order valence-electron chi connectivity index (χ2n) is 4.37. The van der Waals surface area contributed by atoms with Gasteiger partial charge in [0.25, 0.3) is 0 Å². The van der Waals surface area contributed by atoms with Crippen molar-refractivity contribution in [2.45, 2.75) is 12.0 Å². The fourth-order valence-electron chi connectivity index (χ4n) is 2.00. The van der Waals surface area contributed by atoms with Crippen molar-refractivity contribution in [1.29, 1.82) is 0 Å². The van der Waals surface area contributed by atoms with Gasteiger partial charge in [-0.15, -0.1) is 0 Å². The van der Waals surface area contributed by atoms with E-state index in [0.717, 1.165) is 11.1 Å². The minimum atomic E-state index is -1.08. The zero-order valence-corrected chi connectivity index (χ0v) is 10.8. The molecule has 2 nitrogen and oxygen atoms in total. The van der Waals surface area contributed by atoms with Gasteiger partial charge in [-0.05, 0) is 17.2 Å². The van der Waals surface area contributed by atoms with Crippen LogP contribution in [-0.2, 0) is 12.0 Å². The largest absolute Gasteiger partial charge is 0.383 e. The van der Waals surface area contributed by atoms with Crippen molar-refractivity contribution in [3.05, 3.63) is 70.7 Å². The molecule has 0 amide bonds. The molecule has 0 radical (unpaired) electrons. The van der Waals surface area contributed by atoms with Crippen molar-refractivity contribution in [2.75, 3.05) is 6.54 Å². The molecule has 0 fully saturated rings. The number of aliphatic hydroxyl groups is 1. The van der Waals surface area contributed by atoms with Gasteiger partial charge < -0.3 is 10.8 Å². The first-order chi connectivity index (χ1) is 8.65. The third-order valence-electron chi connectivity index (χ3n) is 3.09.